The van der Waals surface area contributed by atoms with Crippen LogP contribution in [0.1, 0.15) is 23.4 Å². The van der Waals surface area contributed by atoms with E-state index in [1.165, 1.54) is 6.33 Å². The molecular weight excluding hydrogens is 290 g/mol. The number of sulfonamides is 1. The van der Waals surface area contributed by atoms with E-state index in [2.05, 4.69) is 19.9 Å². The fourth-order valence-corrected chi connectivity index (χ4v) is 3.24. The Morgan fingerprint density at radius 1 is 1.24 bits per heavy atom. The lowest BCUT2D eigenvalue weighted by Gasteiger charge is -2.09. The normalized spacial score (nSPS) is 11.7. The maximum Gasteiger partial charge on any atom is 0.215 e. The van der Waals surface area contributed by atoms with Gasteiger partial charge in [0.2, 0.25) is 10.0 Å². The van der Waals surface area contributed by atoms with Crippen molar-refractivity contribution in [3.63, 3.8) is 0 Å². The minimum atomic E-state index is -3.36. The Morgan fingerprint density at radius 3 is 2.67 bits per heavy atom. The summed E-state index contributed by atoms with van der Waals surface area (Å²) in [4.78, 5) is 3.98. The highest BCUT2D eigenvalue weighted by molar-refractivity contribution is 7.88. The third-order valence-corrected chi connectivity index (χ3v) is 4.40. The van der Waals surface area contributed by atoms with Gasteiger partial charge in [0.15, 0.2) is 0 Å². The van der Waals surface area contributed by atoms with Crippen LogP contribution in [0.25, 0.3) is 0 Å². The fraction of sp³-hybridized carbons (Fsp3) is 0.385. The zero-order valence-corrected chi connectivity index (χ0v) is 12.4. The molecule has 2 aromatic rings. The number of aromatic nitrogens is 3. The van der Waals surface area contributed by atoms with Crippen LogP contribution in [-0.4, -0.2) is 30.1 Å². The van der Waals surface area contributed by atoms with Gasteiger partial charge < -0.3 is 5.73 Å². The zero-order valence-electron chi connectivity index (χ0n) is 11.6. The largest absolute Gasteiger partial charge is 0.326 e. The average molecular weight is 309 g/mol. The summed E-state index contributed by atoms with van der Waals surface area (Å²) in [6.45, 7) is 0.699. The molecule has 0 atom stereocenters. The number of rotatable bonds is 8. The molecule has 0 saturated heterocycles. The zero-order chi connectivity index (χ0) is 15.1. The molecule has 1 heterocycles. The Bertz CT molecular complexity index is 655. The molecule has 2 rings (SSSR count). The molecule has 7 nitrogen and oxygen atoms in total. The van der Waals surface area contributed by atoms with Gasteiger partial charge >= 0.3 is 0 Å². The van der Waals surface area contributed by atoms with Gasteiger partial charge in [-0.1, -0.05) is 24.3 Å². The van der Waals surface area contributed by atoms with Crippen LogP contribution < -0.4 is 10.5 Å². The summed E-state index contributed by atoms with van der Waals surface area (Å²) in [5.41, 5.74) is 7.20. The van der Waals surface area contributed by atoms with Gasteiger partial charge in [-0.05, 0) is 17.5 Å². The Kier molecular flexibility index (Phi) is 5.43. The van der Waals surface area contributed by atoms with E-state index in [-0.39, 0.29) is 5.75 Å². The quantitative estimate of drug-likeness (QED) is 0.607. The van der Waals surface area contributed by atoms with Gasteiger partial charge in [-0.3, -0.25) is 5.10 Å². The molecule has 0 aliphatic rings. The van der Waals surface area contributed by atoms with Crippen LogP contribution in [0.5, 0.6) is 0 Å². The summed E-state index contributed by atoms with van der Waals surface area (Å²) >= 11 is 0. The van der Waals surface area contributed by atoms with Crippen molar-refractivity contribution in [2.45, 2.75) is 25.1 Å². The maximum absolute atomic E-state index is 12.0. The van der Waals surface area contributed by atoms with Crippen molar-refractivity contribution in [2.24, 2.45) is 5.73 Å². The lowest BCUT2D eigenvalue weighted by molar-refractivity contribution is 0.577. The van der Waals surface area contributed by atoms with E-state index in [1.54, 1.807) is 6.07 Å². The van der Waals surface area contributed by atoms with Crippen molar-refractivity contribution >= 4 is 10.0 Å². The first-order chi connectivity index (χ1) is 10.1. The van der Waals surface area contributed by atoms with Crippen LogP contribution in [0.15, 0.2) is 30.6 Å². The Morgan fingerprint density at radius 2 is 2.00 bits per heavy atom. The summed E-state index contributed by atoms with van der Waals surface area (Å²) in [5.74, 6) is 0.700. The molecule has 0 amide bonds. The van der Waals surface area contributed by atoms with Gasteiger partial charge in [-0.2, -0.15) is 5.10 Å². The first-order valence-electron chi connectivity index (χ1n) is 6.69. The number of nitrogens with one attached hydrogen (secondary N) is 2. The predicted molar refractivity (Wildman–Crippen MR) is 79.7 cm³/mol. The minimum absolute atomic E-state index is 0.0529. The fourth-order valence-electron chi connectivity index (χ4n) is 1.99. The highest BCUT2D eigenvalue weighted by Gasteiger charge is 2.13. The smallest absolute Gasteiger partial charge is 0.215 e. The molecule has 21 heavy (non-hydrogen) atoms. The van der Waals surface area contributed by atoms with Gasteiger partial charge in [-0.15, -0.1) is 0 Å². The van der Waals surface area contributed by atoms with Crippen LogP contribution in [0.2, 0.25) is 0 Å². The molecule has 4 N–H and O–H groups in total. The molecule has 0 bridgehead atoms. The molecule has 114 valence electrons. The van der Waals surface area contributed by atoms with Crippen LogP contribution >= 0.6 is 0 Å². The Balaban J connectivity index is 1.84. The molecule has 1 aromatic carbocycles. The van der Waals surface area contributed by atoms with Gasteiger partial charge in [0, 0.05) is 19.5 Å². The lowest BCUT2D eigenvalue weighted by Crippen LogP contribution is -2.27. The number of hydrogen-bond donors (Lipinski definition) is 3. The SMILES string of the molecule is NCc1ccccc1CS(=O)(=O)NCCCc1ncn[nH]1. The van der Waals surface area contributed by atoms with E-state index in [1.807, 2.05) is 18.2 Å². The number of nitrogens with zero attached hydrogens (tertiary/aromatic N) is 2. The number of aromatic amines is 1. The Labute approximate surface area is 124 Å². The monoisotopic (exact) mass is 309 g/mol. The molecular formula is C13H19N5O2S. The summed E-state index contributed by atoms with van der Waals surface area (Å²) in [7, 11) is -3.36. The van der Waals surface area contributed by atoms with E-state index in [0.29, 0.717) is 25.9 Å². The first-order valence-corrected chi connectivity index (χ1v) is 8.34. The van der Waals surface area contributed by atoms with E-state index >= 15 is 0 Å². The van der Waals surface area contributed by atoms with Crippen molar-refractivity contribution in [3.05, 3.63) is 47.5 Å². The van der Waals surface area contributed by atoms with Crippen LogP contribution in [0.4, 0.5) is 0 Å². The second-order valence-electron chi connectivity index (χ2n) is 4.66. The highest BCUT2D eigenvalue weighted by atomic mass is 32.2. The minimum Gasteiger partial charge on any atom is -0.326 e. The number of hydrogen-bond acceptors (Lipinski definition) is 5. The van der Waals surface area contributed by atoms with Crippen LogP contribution in [0, 0.1) is 0 Å². The van der Waals surface area contributed by atoms with Gasteiger partial charge in [0.1, 0.15) is 12.2 Å². The predicted octanol–water partition coefficient (Wildman–Crippen LogP) is 0.316. The summed E-state index contributed by atoms with van der Waals surface area (Å²) in [6, 6.07) is 7.29. The third kappa shape index (κ3) is 4.92. The van der Waals surface area contributed by atoms with Crippen molar-refractivity contribution in [1.29, 1.82) is 0 Å². The highest BCUT2D eigenvalue weighted by Crippen LogP contribution is 2.11. The molecule has 0 saturated carbocycles. The third-order valence-electron chi connectivity index (χ3n) is 3.06. The maximum atomic E-state index is 12.0. The van der Waals surface area contributed by atoms with Crippen molar-refractivity contribution in [1.82, 2.24) is 19.9 Å². The van der Waals surface area contributed by atoms with E-state index in [0.717, 1.165) is 17.0 Å². The molecule has 0 radical (unpaired) electrons. The number of H-pyrrole nitrogens is 1. The molecule has 0 aliphatic carbocycles. The number of nitrogens with two attached hydrogens (primary N) is 1. The average Bonchev–Trinajstić information content (AvgIpc) is 2.97. The van der Waals surface area contributed by atoms with Crippen molar-refractivity contribution in [3.8, 4) is 0 Å². The molecule has 1 aromatic heterocycles. The van der Waals surface area contributed by atoms with Gasteiger partial charge in [0.25, 0.3) is 0 Å². The number of benzene rings is 1. The van der Waals surface area contributed by atoms with E-state index < -0.39 is 10.0 Å². The van der Waals surface area contributed by atoms with E-state index in [9.17, 15) is 8.42 Å². The standard InChI is InChI=1S/C13H19N5O2S/c14-8-11-4-1-2-5-12(11)9-21(19,20)17-7-3-6-13-15-10-16-18-13/h1-2,4-5,10,17H,3,6-9,14H2,(H,15,16,18). The number of aryl methyl sites for hydroxylation is 1. The Hall–Kier alpha value is -1.77. The summed E-state index contributed by atoms with van der Waals surface area (Å²) < 4.78 is 26.7. The van der Waals surface area contributed by atoms with E-state index in [4.69, 9.17) is 5.73 Å². The lowest BCUT2D eigenvalue weighted by atomic mass is 10.1. The van der Waals surface area contributed by atoms with Gasteiger partial charge in [0.05, 0.1) is 5.75 Å². The molecule has 0 unspecified atom stereocenters. The molecule has 0 aliphatic heterocycles. The summed E-state index contributed by atoms with van der Waals surface area (Å²) in [6.07, 6.45) is 2.75. The topological polar surface area (TPSA) is 114 Å². The van der Waals surface area contributed by atoms with Crippen LogP contribution in [-0.2, 0) is 28.7 Å². The second-order valence-corrected chi connectivity index (χ2v) is 6.47. The van der Waals surface area contributed by atoms with Crippen molar-refractivity contribution < 1.29 is 8.42 Å². The molecule has 0 spiro atoms. The first kappa shape index (κ1) is 15.6. The summed E-state index contributed by atoms with van der Waals surface area (Å²) in [5, 5.41) is 6.48. The molecule has 8 heteroatoms. The van der Waals surface area contributed by atoms with Crippen LogP contribution in [0.3, 0.4) is 0 Å². The second kappa shape index (κ2) is 7.30. The molecule has 0 fully saturated rings. The van der Waals surface area contributed by atoms with Crippen molar-refractivity contribution in [2.75, 3.05) is 6.54 Å². The van der Waals surface area contributed by atoms with Gasteiger partial charge in [-0.25, -0.2) is 18.1 Å².